The molecule has 1 aliphatic rings. The van der Waals surface area contributed by atoms with Gasteiger partial charge in [-0.1, -0.05) is 0 Å². The Morgan fingerprint density at radius 1 is 1.45 bits per heavy atom. The number of carbonyl (C=O) groups is 1. The largest absolute Gasteiger partial charge is 0.358 e. The zero-order valence-corrected chi connectivity index (χ0v) is 5.98. The normalized spacial score (nSPS) is 29.8. The van der Waals surface area contributed by atoms with Gasteiger partial charge in [0.05, 0.1) is 5.92 Å². The first-order valence-corrected chi connectivity index (χ1v) is 3.60. The highest BCUT2D eigenvalue weighted by Gasteiger charge is 2.39. The fraction of sp³-hybridized carbons (Fsp3) is 0.857. The van der Waals surface area contributed by atoms with Crippen molar-refractivity contribution < 1.29 is 18.7 Å². The number of halogens is 2. The minimum Gasteiger partial charge on any atom is -0.247 e. The molecule has 0 heterocycles. The molecule has 63 valence electrons. The summed E-state index contributed by atoms with van der Waals surface area (Å²) in [5.74, 6) is -5.08. The Hall–Kier alpha value is -0.670. The molecule has 1 aliphatic carbocycles. The summed E-state index contributed by atoms with van der Waals surface area (Å²) in [7, 11) is 0. The topological polar surface area (TPSA) is 37.0 Å². The Morgan fingerprint density at radius 3 is 2.45 bits per heavy atom. The summed E-state index contributed by atoms with van der Waals surface area (Å²) in [6.45, 7) is 0. The molecular weight excluding hydrogens is 154 g/mol. The van der Waals surface area contributed by atoms with Crippen LogP contribution >= 0.6 is 0 Å². The number of hydrogen-bond donors (Lipinski definition) is 0. The number of hydrogen-bond acceptors (Lipinski definition) is 1. The van der Waals surface area contributed by atoms with Crippen molar-refractivity contribution in [3.63, 3.8) is 0 Å². The summed E-state index contributed by atoms with van der Waals surface area (Å²) in [5.41, 5.74) is 0. The molecule has 2 nitrogen and oxygen atoms in total. The lowest BCUT2D eigenvalue weighted by Crippen LogP contribution is -2.29. The van der Waals surface area contributed by atoms with Gasteiger partial charge in [0.25, 0.3) is 0 Å². The molecule has 0 saturated heterocycles. The zero-order chi connectivity index (χ0) is 8.48. The second kappa shape index (κ2) is 2.75. The predicted molar refractivity (Wildman–Crippen MR) is 32.6 cm³/mol. The Bertz CT molecular complexity index is 168. The van der Waals surface area contributed by atoms with Crippen LogP contribution in [0.5, 0.6) is 0 Å². The lowest BCUT2D eigenvalue weighted by atomic mass is 9.87. The highest BCUT2D eigenvalue weighted by atomic mass is 19.3. The first kappa shape index (κ1) is 8.43. The van der Waals surface area contributed by atoms with Crippen molar-refractivity contribution in [2.45, 2.75) is 31.6 Å². The minimum atomic E-state index is -2.79. The molecule has 1 unspecified atom stereocenters. The van der Waals surface area contributed by atoms with Crippen LogP contribution < -0.4 is 0 Å². The third-order valence-corrected chi connectivity index (χ3v) is 1.97. The van der Waals surface area contributed by atoms with Crippen molar-refractivity contribution in [3.05, 3.63) is 0 Å². The molecule has 4 heteroatoms. The van der Waals surface area contributed by atoms with E-state index in [1.54, 1.807) is 0 Å². The molecule has 11 heavy (non-hydrogen) atoms. The van der Waals surface area contributed by atoms with Crippen LogP contribution in [0.15, 0.2) is 0 Å². The molecule has 1 saturated carbocycles. The zero-order valence-electron chi connectivity index (χ0n) is 5.98. The molecule has 0 aromatic carbocycles. The van der Waals surface area contributed by atoms with E-state index < -0.39 is 24.2 Å². The summed E-state index contributed by atoms with van der Waals surface area (Å²) in [4.78, 5) is 10.2. The molecule has 0 bridgehead atoms. The van der Waals surface area contributed by atoms with Gasteiger partial charge in [0.2, 0.25) is 5.92 Å². The fourth-order valence-corrected chi connectivity index (χ4v) is 1.37. The highest BCUT2D eigenvalue weighted by Crippen LogP contribution is 2.36. The smallest absolute Gasteiger partial charge is 0.247 e. The van der Waals surface area contributed by atoms with Crippen LogP contribution in [0.1, 0.15) is 25.7 Å². The van der Waals surface area contributed by atoms with Crippen molar-refractivity contribution in [1.82, 2.24) is 0 Å². The Morgan fingerprint density at radius 2 is 2.09 bits per heavy atom. The SMILES string of the molecule is [O]C(=O)C1CCCC(F)(F)C1. The van der Waals surface area contributed by atoms with Crippen molar-refractivity contribution >= 4 is 5.97 Å². The molecule has 0 spiro atoms. The highest BCUT2D eigenvalue weighted by molar-refractivity contribution is 5.69. The Labute approximate surface area is 63.2 Å². The van der Waals surface area contributed by atoms with Gasteiger partial charge >= 0.3 is 5.97 Å². The predicted octanol–water partition coefficient (Wildman–Crippen LogP) is 1.77. The van der Waals surface area contributed by atoms with Gasteiger partial charge in [-0.05, 0) is 12.8 Å². The van der Waals surface area contributed by atoms with E-state index in [4.69, 9.17) is 0 Å². The molecule has 0 aromatic heterocycles. The van der Waals surface area contributed by atoms with Crippen molar-refractivity contribution in [3.8, 4) is 0 Å². The van der Waals surface area contributed by atoms with Gasteiger partial charge in [0.15, 0.2) is 0 Å². The lowest BCUT2D eigenvalue weighted by molar-refractivity contribution is -0.155. The lowest BCUT2D eigenvalue weighted by Gasteiger charge is -2.25. The molecule has 0 N–H and O–H groups in total. The van der Waals surface area contributed by atoms with E-state index >= 15 is 0 Å². The summed E-state index contributed by atoms with van der Waals surface area (Å²) < 4.78 is 25.0. The van der Waals surface area contributed by atoms with Crippen molar-refractivity contribution in [2.24, 2.45) is 5.92 Å². The third kappa shape index (κ3) is 2.13. The van der Waals surface area contributed by atoms with Gasteiger partial charge in [-0.3, -0.25) is 0 Å². The van der Waals surface area contributed by atoms with E-state index in [2.05, 4.69) is 0 Å². The van der Waals surface area contributed by atoms with E-state index in [9.17, 15) is 18.7 Å². The fourth-order valence-electron chi connectivity index (χ4n) is 1.37. The Balaban J connectivity index is 2.53. The standard InChI is InChI=1S/C7H9F2O2/c8-7(9)3-1-2-5(4-7)6(10)11/h5H,1-4H2. The molecule has 1 atom stereocenters. The maximum atomic E-state index is 12.5. The van der Waals surface area contributed by atoms with Gasteiger partial charge < -0.3 is 0 Å². The molecule has 1 radical (unpaired) electrons. The summed E-state index contributed by atoms with van der Waals surface area (Å²) >= 11 is 0. The van der Waals surface area contributed by atoms with E-state index in [1.807, 2.05) is 0 Å². The van der Waals surface area contributed by atoms with E-state index in [1.165, 1.54) is 0 Å². The second-order valence-corrected chi connectivity index (χ2v) is 2.97. The van der Waals surface area contributed by atoms with Crippen LogP contribution in [-0.4, -0.2) is 11.9 Å². The molecular formula is C7H9F2O2. The van der Waals surface area contributed by atoms with E-state index in [-0.39, 0.29) is 12.8 Å². The van der Waals surface area contributed by atoms with E-state index in [0.29, 0.717) is 6.42 Å². The maximum Gasteiger partial charge on any atom is 0.358 e. The summed E-state index contributed by atoms with van der Waals surface area (Å²) in [6, 6.07) is 0. The quantitative estimate of drug-likeness (QED) is 0.580. The molecule has 0 aliphatic heterocycles. The van der Waals surface area contributed by atoms with Crippen molar-refractivity contribution in [1.29, 1.82) is 0 Å². The molecule has 1 rings (SSSR count). The van der Waals surface area contributed by atoms with Crippen LogP contribution in [0.25, 0.3) is 0 Å². The second-order valence-electron chi connectivity index (χ2n) is 2.97. The van der Waals surface area contributed by atoms with Crippen LogP contribution in [0.2, 0.25) is 0 Å². The summed E-state index contributed by atoms with van der Waals surface area (Å²) in [5, 5.41) is 10.2. The van der Waals surface area contributed by atoms with Gasteiger partial charge in [-0.2, -0.15) is 0 Å². The maximum absolute atomic E-state index is 12.5. The number of alkyl halides is 2. The number of carbonyl (C=O) groups excluding carboxylic acids is 1. The van der Waals surface area contributed by atoms with Crippen LogP contribution in [0.3, 0.4) is 0 Å². The average Bonchev–Trinajstić information content (AvgIpc) is 1.85. The molecule has 1 fully saturated rings. The summed E-state index contributed by atoms with van der Waals surface area (Å²) in [6.07, 6.45) is -0.115. The van der Waals surface area contributed by atoms with Crippen LogP contribution in [0, 0.1) is 5.92 Å². The number of rotatable bonds is 1. The third-order valence-electron chi connectivity index (χ3n) is 1.97. The minimum absolute atomic E-state index is 0.184. The first-order valence-electron chi connectivity index (χ1n) is 3.60. The monoisotopic (exact) mass is 163 g/mol. The van der Waals surface area contributed by atoms with Crippen LogP contribution in [-0.2, 0) is 9.90 Å². The van der Waals surface area contributed by atoms with Gasteiger partial charge in [0.1, 0.15) is 0 Å². The van der Waals surface area contributed by atoms with Gasteiger partial charge in [-0.25, -0.2) is 18.7 Å². The van der Waals surface area contributed by atoms with E-state index in [0.717, 1.165) is 0 Å². The van der Waals surface area contributed by atoms with Gasteiger partial charge in [0, 0.05) is 12.8 Å². The van der Waals surface area contributed by atoms with Crippen molar-refractivity contribution in [2.75, 3.05) is 0 Å². The Kier molecular flexibility index (Phi) is 2.11. The van der Waals surface area contributed by atoms with Gasteiger partial charge in [-0.15, -0.1) is 0 Å². The first-order chi connectivity index (χ1) is 5.01. The molecule has 0 amide bonds. The van der Waals surface area contributed by atoms with Crippen LogP contribution in [0.4, 0.5) is 8.78 Å². The average molecular weight is 163 g/mol. The molecule has 0 aromatic rings.